The molecule has 0 amide bonds. The quantitative estimate of drug-likeness (QED) is 0.786. The summed E-state index contributed by atoms with van der Waals surface area (Å²) in [5.74, 6) is -2.31. The van der Waals surface area contributed by atoms with E-state index in [-0.39, 0.29) is 5.56 Å². The van der Waals surface area contributed by atoms with Gasteiger partial charge in [-0.05, 0) is 29.8 Å². The molecule has 0 saturated carbocycles. The Morgan fingerprint density at radius 1 is 1.08 bits per heavy atom. The molecular weight excluding hydrogens is 333 g/mol. The van der Waals surface area contributed by atoms with Crippen molar-refractivity contribution in [3.05, 3.63) is 71.5 Å². The third kappa shape index (κ3) is 3.11. The Bertz CT molecular complexity index is 1030. The summed E-state index contributed by atoms with van der Waals surface area (Å²) in [6, 6.07) is 12.9. The number of aromatic carboxylic acids is 1. The van der Waals surface area contributed by atoms with Gasteiger partial charge in [0.1, 0.15) is 5.82 Å². The summed E-state index contributed by atoms with van der Waals surface area (Å²) >= 11 is 0. The van der Waals surface area contributed by atoms with Crippen LogP contribution in [0.4, 0.5) is 4.39 Å². The summed E-state index contributed by atoms with van der Waals surface area (Å²) in [5.41, 5.74) is 0.360. The number of para-hydroxylation sites is 1. The lowest BCUT2D eigenvalue weighted by atomic mass is 10.1. The lowest BCUT2D eigenvalue weighted by Crippen LogP contribution is -2.13. The first-order valence-electron chi connectivity index (χ1n) is 6.97. The number of hydrogen-bond acceptors (Lipinski definition) is 4. The number of halogens is 1. The maximum Gasteiger partial charge on any atom is 0.338 e. The Morgan fingerprint density at radius 2 is 1.75 bits per heavy atom. The van der Waals surface area contributed by atoms with Crippen molar-refractivity contribution in [3.63, 3.8) is 0 Å². The molecule has 2 aromatic carbocycles. The van der Waals surface area contributed by atoms with E-state index in [4.69, 9.17) is 0 Å². The first-order chi connectivity index (χ1) is 11.4. The highest BCUT2D eigenvalue weighted by Gasteiger charge is 2.25. The van der Waals surface area contributed by atoms with E-state index in [2.05, 4.69) is 4.98 Å². The van der Waals surface area contributed by atoms with Crippen molar-refractivity contribution < 1.29 is 22.7 Å². The van der Waals surface area contributed by atoms with Gasteiger partial charge < -0.3 is 5.11 Å². The molecule has 3 aromatic rings. The minimum atomic E-state index is -4.01. The summed E-state index contributed by atoms with van der Waals surface area (Å²) in [5, 5.41) is 9.39. The van der Waals surface area contributed by atoms with Crippen molar-refractivity contribution in [1.29, 1.82) is 0 Å². The molecule has 24 heavy (non-hydrogen) atoms. The summed E-state index contributed by atoms with van der Waals surface area (Å²) in [6.07, 6.45) is 0. The molecule has 0 aliphatic heterocycles. The largest absolute Gasteiger partial charge is 0.478 e. The fourth-order valence-corrected chi connectivity index (χ4v) is 3.84. The van der Waals surface area contributed by atoms with Crippen LogP contribution >= 0.6 is 0 Å². The molecule has 0 unspecified atom stereocenters. The molecule has 1 N–H and O–H groups in total. The second kappa shape index (κ2) is 6.01. The Labute approximate surface area is 137 Å². The smallest absolute Gasteiger partial charge is 0.338 e. The maximum atomic E-state index is 12.9. The van der Waals surface area contributed by atoms with E-state index in [9.17, 15) is 22.7 Å². The van der Waals surface area contributed by atoms with E-state index < -0.39 is 32.4 Å². The second-order valence-electron chi connectivity index (χ2n) is 5.22. The number of fused-ring (bicyclic) bond motifs is 1. The molecule has 0 aliphatic rings. The number of benzene rings is 2. The van der Waals surface area contributed by atoms with Crippen LogP contribution in [0.2, 0.25) is 0 Å². The maximum absolute atomic E-state index is 12.9. The van der Waals surface area contributed by atoms with Gasteiger partial charge in [0.15, 0.2) is 5.03 Å². The van der Waals surface area contributed by atoms with Crippen molar-refractivity contribution in [2.24, 2.45) is 0 Å². The zero-order valence-corrected chi connectivity index (χ0v) is 13.1. The third-order valence-electron chi connectivity index (χ3n) is 3.48. The topological polar surface area (TPSA) is 84.3 Å². The summed E-state index contributed by atoms with van der Waals surface area (Å²) < 4.78 is 38.2. The van der Waals surface area contributed by atoms with Crippen LogP contribution in [0.15, 0.2) is 59.6 Å². The van der Waals surface area contributed by atoms with Crippen molar-refractivity contribution >= 4 is 26.7 Å². The van der Waals surface area contributed by atoms with Gasteiger partial charge in [-0.2, -0.15) is 0 Å². The minimum absolute atomic E-state index is 0.350. The number of rotatable bonds is 4. The van der Waals surface area contributed by atoms with E-state index in [1.807, 2.05) is 0 Å². The average molecular weight is 345 g/mol. The van der Waals surface area contributed by atoms with Crippen LogP contribution in [0.25, 0.3) is 10.9 Å². The average Bonchev–Trinajstić information content (AvgIpc) is 2.55. The van der Waals surface area contributed by atoms with Crippen LogP contribution in [-0.4, -0.2) is 24.5 Å². The van der Waals surface area contributed by atoms with Gasteiger partial charge in [-0.15, -0.1) is 0 Å². The summed E-state index contributed by atoms with van der Waals surface area (Å²) in [4.78, 5) is 15.5. The normalized spacial score (nSPS) is 11.5. The van der Waals surface area contributed by atoms with E-state index in [0.717, 1.165) is 12.1 Å². The molecule has 122 valence electrons. The van der Waals surface area contributed by atoms with E-state index >= 15 is 0 Å². The molecule has 3 rings (SSSR count). The van der Waals surface area contributed by atoms with E-state index in [1.165, 1.54) is 18.2 Å². The third-order valence-corrected chi connectivity index (χ3v) is 5.10. The van der Waals surface area contributed by atoms with Crippen molar-refractivity contribution in [3.8, 4) is 0 Å². The second-order valence-corrected chi connectivity index (χ2v) is 7.13. The van der Waals surface area contributed by atoms with Crippen molar-refractivity contribution in [1.82, 2.24) is 4.98 Å². The molecule has 0 bridgehead atoms. The number of hydrogen-bond donors (Lipinski definition) is 1. The lowest BCUT2D eigenvalue weighted by Gasteiger charge is -2.09. The van der Waals surface area contributed by atoms with Gasteiger partial charge in [0.05, 0.1) is 16.8 Å². The Balaban J connectivity index is 2.13. The Hall–Kier alpha value is -2.80. The molecule has 0 saturated heterocycles. The number of carbonyl (C=O) groups is 1. The molecule has 1 heterocycles. The van der Waals surface area contributed by atoms with Crippen LogP contribution in [-0.2, 0) is 15.6 Å². The van der Waals surface area contributed by atoms with E-state index in [0.29, 0.717) is 16.5 Å². The minimum Gasteiger partial charge on any atom is -0.478 e. The number of aromatic nitrogens is 1. The molecule has 1 aromatic heterocycles. The SMILES string of the molecule is O=C(O)c1cc2ccccc2nc1S(=O)(=O)Cc1ccc(F)cc1. The van der Waals surface area contributed by atoms with Gasteiger partial charge in [0.2, 0.25) is 9.84 Å². The predicted molar refractivity (Wildman–Crippen MR) is 86.0 cm³/mol. The van der Waals surface area contributed by atoms with Crippen LogP contribution in [0.1, 0.15) is 15.9 Å². The number of sulfone groups is 1. The molecule has 0 fully saturated rings. The Morgan fingerprint density at radius 3 is 2.42 bits per heavy atom. The molecule has 0 atom stereocenters. The van der Waals surface area contributed by atoms with Crippen molar-refractivity contribution in [2.75, 3.05) is 0 Å². The van der Waals surface area contributed by atoms with Gasteiger partial charge in [0.25, 0.3) is 0 Å². The fourth-order valence-electron chi connectivity index (χ4n) is 2.36. The zero-order chi connectivity index (χ0) is 17.3. The van der Waals surface area contributed by atoms with Gasteiger partial charge >= 0.3 is 5.97 Å². The lowest BCUT2D eigenvalue weighted by molar-refractivity contribution is 0.0692. The molecule has 0 radical (unpaired) electrons. The highest BCUT2D eigenvalue weighted by Crippen LogP contribution is 2.23. The van der Waals surface area contributed by atoms with Crippen molar-refractivity contribution in [2.45, 2.75) is 10.8 Å². The first-order valence-corrected chi connectivity index (χ1v) is 8.62. The highest BCUT2D eigenvalue weighted by atomic mass is 32.2. The standard InChI is InChI=1S/C17H12FNO4S/c18-13-7-5-11(6-8-13)10-24(22,23)16-14(17(20)21)9-12-3-1-2-4-15(12)19-16/h1-9H,10H2,(H,20,21). The number of carboxylic acids is 1. The summed E-state index contributed by atoms with van der Waals surface area (Å²) in [6.45, 7) is 0. The number of nitrogens with zero attached hydrogens (tertiary/aromatic N) is 1. The van der Waals surface area contributed by atoms with Gasteiger partial charge in [0, 0.05) is 5.39 Å². The molecule has 0 spiro atoms. The van der Waals surface area contributed by atoms with Crippen LogP contribution < -0.4 is 0 Å². The molecule has 7 heteroatoms. The van der Waals surface area contributed by atoms with Gasteiger partial charge in [-0.1, -0.05) is 30.3 Å². The first kappa shape index (κ1) is 16.1. The highest BCUT2D eigenvalue weighted by molar-refractivity contribution is 7.90. The van der Waals surface area contributed by atoms with Gasteiger partial charge in [-0.25, -0.2) is 22.6 Å². The zero-order valence-electron chi connectivity index (χ0n) is 12.3. The van der Waals surface area contributed by atoms with Crippen LogP contribution in [0.5, 0.6) is 0 Å². The van der Waals surface area contributed by atoms with Crippen LogP contribution in [0, 0.1) is 5.82 Å². The molecular formula is C17H12FNO4S. The van der Waals surface area contributed by atoms with Crippen LogP contribution in [0.3, 0.4) is 0 Å². The Kier molecular flexibility index (Phi) is 4.02. The predicted octanol–water partition coefficient (Wildman–Crippen LogP) is 3.05. The summed E-state index contributed by atoms with van der Waals surface area (Å²) in [7, 11) is -4.01. The van der Waals surface area contributed by atoms with E-state index in [1.54, 1.807) is 24.3 Å². The fraction of sp³-hybridized carbons (Fsp3) is 0.0588. The monoisotopic (exact) mass is 345 g/mol. The molecule has 0 aliphatic carbocycles. The van der Waals surface area contributed by atoms with Gasteiger partial charge in [-0.3, -0.25) is 0 Å². The number of carboxylic acid groups (broad SMARTS) is 1. The number of pyridine rings is 1. The molecule has 5 nitrogen and oxygen atoms in total.